The van der Waals surface area contributed by atoms with Gasteiger partial charge in [0.2, 0.25) is 0 Å². The number of nitrogens with one attached hydrogen (secondary N) is 1. The van der Waals surface area contributed by atoms with Crippen molar-refractivity contribution in [1.29, 1.82) is 0 Å². The highest BCUT2D eigenvalue weighted by molar-refractivity contribution is 5.74. The van der Waals surface area contributed by atoms with Gasteiger partial charge in [-0.05, 0) is 41.3 Å². The molecule has 1 N–H and O–H groups in total. The normalized spacial score (nSPS) is 11.7. The lowest BCUT2D eigenvalue weighted by Gasteiger charge is -2.22. The summed E-state index contributed by atoms with van der Waals surface area (Å²) in [6.07, 6.45) is 3.16. The number of carbonyl (C=O) groups excluding carboxylic acids is 1. The van der Waals surface area contributed by atoms with E-state index in [2.05, 4.69) is 51.8 Å². The molecule has 31 heavy (non-hydrogen) atoms. The Kier molecular flexibility index (Phi) is 6.08. The lowest BCUT2D eigenvalue weighted by molar-refractivity contribution is 0.203. The molecule has 3 aromatic carbocycles. The number of urea groups is 1. The van der Waals surface area contributed by atoms with E-state index in [4.69, 9.17) is 0 Å². The zero-order valence-corrected chi connectivity index (χ0v) is 17.6. The molecular weight excluding hydrogens is 386 g/mol. The van der Waals surface area contributed by atoms with E-state index < -0.39 is 0 Å². The fourth-order valence-electron chi connectivity index (χ4n) is 3.41. The van der Waals surface area contributed by atoms with E-state index in [9.17, 15) is 4.79 Å². The molecular formula is C25H25N5O. The summed E-state index contributed by atoms with van der Waals surface area (Å²) in [5.74, 6) is 0. The molecule has 6 nitrogen and oxygen atoms in total. The minimum absolute atomic E-state index is 0.111. The summed E-state index contributed by atoms with van der Waals surface area (Å²) in [6, 6.07) is 26.3. The Bertz CT molecular complexity index is 1110. The van der Waals surface area contributed by atoms with Gasteiger partial charge in [0.1, 0.15) is 12.7 Å². The molecule has 0 saturated heterocycles. The third-order valence-electron chi connectivity index (χ3n) is 5.24. The van der Waals surface area contributed by atoms with Crippen molar-refractivity contribution in [2.24, 2.45) is 0 Å². The monoisotopic (exact) mass is 411 g/mol. The average Bonchev–Trinajstić information content (AvgIpc) is 3.35. The van der Waals surface area contributed by atoms with E-state index in [1.54, 1.807) is 23.0 Å². The number of amides is 2. The Hall–Kier alpha value is -3.93. The lowest BCUT2D eigenvalue weighted by atomic mass is 10.0. The third kappa shape index (κ3) is 4.98. The Morgan fingerprint density at radius 2 is 1.65 bits per heavy atom. The molecule has 0 radical (unpaired) electrons. The zero-order valence-electron chi connectivity index (χ0n) is 17.6. The van der Waals surface area contributed by atoms with Gasteiger partial charge in [0, 0.05) is 13.6 Å². The Labute approximate surface area is 182 Å². The molecule has 4 aromatic rings. The van der Waals surface area contributed by atoms with E-state index in [0.29, 0.717) is 6.54 Å². The quantitative estimate of drug-likeness (QED) is 0.494. The molecule has 0 aliphatic heterocycles. The Balaban J connectivity index is 1.34. The topological polar surface area (TPSA) is 63.1 Å². The van der Waals surface area contributed by atoms with Crippen LogP contribution in [0.15, 0.2) is 91.5 Å². The van der Waals surface area contributed by atoms with Gasteiger partial charge in [0.15, 0.2) is 0 Å². The first-order valence-electron chi connectivity index (χ1n) is 10.2. The van der Waals surface area contributed by atoms with Gasteiger partial charge in [0.25, 0.3) is 0 Å². The predicted molar refractivity (Wildman–Crippen MR) is 122 cm³/mol. The standard InChI is InChI=1S/C25H25N5O/c1-19(21-12-14-24(15-13-21)30-18-26-17-27-30)28-25(31)29(2)16-20-8-10-23(11-9-20)22-6-4-3-5-7-22/h3-15,17-19H,16H2,1-2H3,(H,28,31). The van der Waals surface area contributed by atoms with E-state index in [1.807, 2.05) is 49.4 Å². The van der Waals surface area contributed by atoms with Crippen LogP contribution < -0.4 is 5.32 Å². The highest BCUT2D eigenvalue weighted by atomic mass is 16.2. The summed E-state index contributed by atoms with van der Waals surface area (Å²) < 4.78 is 1.70. The molecule has 6 heteroatoms. The zero-order chi connectivity index (χ0) is 21.6. The molecule has 156 valence electrons. The first-order chi connectivity index (χ1) is 15.1. The number of carbonyl (C=O) groups is 1. The second-order valence-electron chi connectivity index (χ2n) is 7.52. The highest BCUT2D eigenvalue weighted by Gasteiger charge is 2.14. The van der Waals surface area contributed by atoms with Gasteiger partial charge in [-0.25, -0.2) is 14.5 Å². The summed E-state index contributed by atoms with van der Waals surface area (Å²) >= 11 is 0. The van der Waals surface area contributed by atoms with Crippen LogP contribution in [0, 0.1) is 0 Å². The molecule has 0 saturated carbocycles. The number of hydrogen-bond acceptors (Lipinski definition) is 3. The van der Waals surface area contributed by atoms with Crippen molar-refractivity contribution in [3.63, 3.8) is 0 Å². The summed E-state index contributed by atoms with van der Waals surface area (Å²) in [6.45, 7) is 2.52. The van der Waals surface area contributed by atoms with E-state index in [1.165, 1.54) is 17.5 Å². The molecule has 1 unspecified atom stereocenters. The van der Waals surface area contributed by atoms with Crippen LogP contribution in [0.25, 0.3) is 16.8 Å². The maximum Gasteiger partial charge on any atom is 0.317 e. The second-order valence-corrected chi connectivity index (χ2v) is 7.52. The van der Waals surface area contributed by atoms with E-state index in [0.717, 1.165) is 16.8 Å². The number of hydrogen-bond donors (Lipinski definition) is 1. The molecule has 1 atom stereocenters. The molecule has 0 aliphatic carbocycles. The molecule has 0 aliphatic rings. The smallest absolute Gasteiger partial charge is 0.317 e. The van der Waals surface area contributed by atoms with Gasteiger partial charge in [-0.1, -0.05) is 66.7 Å². The number of rotatable bonds is 6. The Morgan fingerprint density at radius 1 is 0.968 bits per heavy atom. The second kappa shape index (κ2) is 9.26. The summed E-state index contributed by atoms with van der Waals surface area (Å²) in [5, 5.41) is 7.18. The van der Waals surface area contributed by atoms with Crippen LogP contribution in [0.3, 0.4) is 0 Å². The van der Waals surface area contributed by atoms with Crippen molar-refractivity contribution < 1.29 is 4.79 Å². The molecule has 1 aromatic heterocycles. The van der Waals surface area contributed by atoms with Crippen molar-refractivity contribution in [3.8, 4) is 16.8 Å². The first-order valence-corrected chi connectivity index (χ1v) is 10.2. The number of nitrogens with zero attached hydrogens (tertiary/aromatic N) is 4. The minimum Gasteiger partial charge on any atom is -0.331 e. The first kappa shape index (κ1) is 20.3. The van der Waals surface area contributed by atoms with Crippen LogP contribution in [0.4, 0.5) is 4.79 Å². The van der Waals surface area contributed by atoms with Crippen molar-refractivity contribution in [2.45, 2.75) is 19.5 Å². The van der Waals surface area contributed by atoms with Crippen molar-refractivity contribution >= 4 is 6.03 Å². The largest absolute Gasteiger partial charge is 0.331 e. The number of benzene rings is 3. The number of aromatic nitrogens is 3. The fourth-order valence-corrected chi connectivity index (χ4v) is 3.41. The summed E-state index contributed by atoms with van der Waals surface area (Å²) in [7, 11) is 1.81. The van der Waals surface area contributed by atoms with Crippen LogP contribution >= 0.6 is 0 Å². The Morgan fingerprint density at radius 3 is 2.29 bits per heavy atom. The molecule has 2 amide bonds. The predicted octanol–water partition coefficient (Wildman–Crippen LogP) is 4.84. The highest BCUT2D eigenvalue weighted by Crippen LogP contribution is 2.20. The fraction of sp³-hybridized carbons (Fsp3) is 0.160. The maximum atomic E-state index is 12.7. The van der Waals surface area contributed by atoms with Gasteiger partial charge in [-0.3, -0.25) is 0 Å². The van der Waals surface area contributed by atoms with Crippen molar-refractivity contribution in [2.75, 3.05) is 7.05 Å². The summed E-state index contributed by atoms with van der Waals surface area (Å²) in [5.41, 5.74) is 5.39. The van der Waals surface area contributed by atoms with E-state index in [-0.39, 0.29) is 12.1 Å². The van der Waals surface area contributed by atoms with Crippen LogP contribution in [0.1, 0.15) is 24.1 Å². The lowest BCUT2D eigenvalue weighted by Crippen LogP contribution is -2.38. The van der Waals surface area contributed by atoms with Gasteiger partial charge >= 0.3 is 6.03 Å². The van der Waals surface area contributed by atoms with Crippen LogP contribution in [-0.2, 0) is 6.54 Å². The third-order valence-corrected chi connectivity index (χ3v) is 5.24. The van der Waals surface area contributed by atoms with Crippen LogP contribution in [0.2, 0.25) is 0 Å². The maximum absolute atomic E-state index is 12.7. The molecule has 0 bridgehead atoms. The van der Waals surface area contributed by atoms with Crippen LogP contribution in [-0.4, -0.2) is 32.7 Å². The van der Waals surface area contributed by atoms with Gasteiger partial charge in [0.05, 0.1) is 11.7 Å². The SMILES string of the molecule is CC(NC(=O)N(C)Cc1ccc(-c2ccccc2)cc1)c1ccc(-n2cncn2)cc1. The summed E-state index contributed by atoms with van der Waals surface area (Å²) in [4.78, 5) is 18.3. The van der Waals surface area contributed by atoms with Gasteiger partial charge in [-0.15, -0.1) is 0 Å². The van der Waals surface area contributed by atoms with Crippen molar-refractivity contribution in [3.05, 3.63) is 103 Å². The molecule has 4 rings (SSSR count). The minimum atomic E-state index is -0.111. The van der Waals surface area contributed by atoms with Gasteiger partial charge in [-0.2, -0.15) is 5.10 Å². The molecule has 0 spiro atoms. The van der Waals surface area contributed by atoms with Crippen LogP contribution in [0.5, 0.6) is 0 Å². The van der Waals surface area contributed by atoms with Gasteiger partial charge < -0.3 is 10.2 Å². The van der Waals surface area contributed by atoms with Crippen molar-refractivity contribution in [1.82, 2.24) is 25.0 Å². The molecule has 0 fully saturated rings. The average molecular weight is 412 g/mol. The molecule has 1 heterocycles. The van der Waals surface area contributed by atoms with E-state index >= 15 is 0 Å².